The molecule has 0 bridgehead atoms. The zero-order chi connectivity index (χ0) is 19.1. The third-order valence-electron chi connectivity index (χ3n) is 5.08. The average molecular weight is 368 g/mol. The Morgan fingerprint density at radius 1 is 1.33 bits per heavy atom. The van der Waals surface area contributed by atoms with Crippen LogP contribution in [0.5, 0.6) is 5.75 Å². The summed E-state index contributed by atoms with van der Waals surface area (Å²) in [5.41, 5.74) is 7.53. The summed E-state index contributed by atoms with van der Waals surface area (Å²) in [5, 5.41) is 2.96. The highest BCUT2D eigenvalue weighted by Crippen LogP contribution is 2.36. The average Bonchev–Trinajstić information content (AvgIpc) is 2.97. The van der Waals surface area contributed by atoms with Crippen LogP contribution in [0.4, 0.5) is 10.2 Å². The predicted molar refractivity (Wildman–Crippen MR) is 101 cm³/mol. The van der Waals surface area contributed by atoms with Gasteiger partial charge in [0.1, 0.15) is 23.0 Å². The number of nitrogens with two attached hydrogens (primary N) is 1. The number of hydrogen-bond donors (Lipinski definition) is 2. The van der Waals surface area contributed by atoms with Crippen molar-refractivity contribution in [2.24, 2.45) is 5.92 Å². The molecule has 1 aliphatic carbocycles. The van der Waals surface area contributed by atoms with Crippen LogP contribution >= 0.6 is 0 Å². The van der Waals surface area contributed by atoms with Crippen LogP contribution in [0.2, 0.25) is 0 Å². The number of ether oxygens (including phenoxy) is 1. The van der Waals surface area contributed by atoms with Crippen LogP contribution in [-0.4, -0.2) is 28.4 Å². The second kappa shape index (κ2) is 6.57. The summed E-state index contributed by atoms with van der Waals surface area (Å²) >= 11 is 0. The van der Waals surface area contributed by atoms with Crippen LogP contribution < -0.4 is 15.8 Å². The van der Waals surface area contributed by atoms with Crippen LogP contribution in [0.15, 0.2) is 36.5 Å². The summed E-state index contributed by atoms with van der Waals surface area (Å²) in [4.78, 5) is 17.1. The van der Waals surface area contributed by atoms with E-state index < -0.39 is 5.82 Å². The molecule has 0 spiro atoms. The molecule has 1 aromatic carbocycles. The van der Waals surface area contributed by atoms with Crippen molar-refractivity contribution >= 4 is 17.4 Å². The first-order valence-corrected chi connectivity index (χ1v) is 8.90. The first-order chi connectivity index (χ1) is 13.0. The molecule has 0 aliphatic heterocycles. The molecule has 27 heavy (non-hydrogen) atoms. The van der Waals surface area contributed by atoms with Crippen LogP contribution in [0, 0.1) is 11.7 Å². The lowest BCUT2D eigenvalue weighted by atomic mass is 9.82. The molecule has 7 heteroatoms. The Bertz CT molecular complexity index is 1020. The molecule has 2 aromatic heterocycles. The second-order valence-corrected chi connectivity index (χ2v) is 7.03. The minimum absolute atomic E-state index is 0.150. The molecule has 1 fully saturated rings. The highest BCUT2D eigenvalue weighted by atomic mass is 19.1. The van der Waals surface area contributed by atoms with Gasteiger partial charge in [-0.25, -0.2) is 9.37 Å². The summed E-state index contributed by atoms with van der Waals surface area (Å²) in [6.07, 6.45) is 3.62. The number of nitrogens with one attached hydrogen (secondary N) is 1. The summed E-state index contributed by atoms with van der Waals surface area (Å²) in [6, 6.07) is 8.25. The number of imidazole rings is 1. The molecule has 140 valence electrons. The van der Waals surface area contributed by atoms with Gasteiger partial charge in [0.25, 0.3) is 5.91 Å². The van der Waals surface area contributed by atoms with E-state index in [2.05, 4.69) is 17.2 Å². The zero-order valence-electron chi connectivity index (χ0n) is 15.2. The predicted octanol–water partition coefficient (Wildman–Crippen LogP) is 3.26. The number of pyridine rings is 1. The van der Waals surface area contributed by atoms with E-state index in [0.717, 1.165) is 12.8 Å². The maximum Gasteiger partial charge on any atom is 0.273 e. The molecule has 0 saturated heterocycles. The first kappa shape index (κ1) is 17.3. The number of nitrogens with zero attached hydrogens (tertiary/aromatic N) is 2. The number of anilines is 1. The minimum Gasteiger partial charge on any atom is -0.496 e. The fourth-order valence-corrected chi connectivity index (χ4v) is 3.66. The Kier molecular flexibility index (Phi) is 4.22. The molecular weight excluding hydrogens is 347 g/mol. The Balaban J connectivity index is 1.80. The van der Waals surface area contributed by atoms with Gasteiger partial charge in [-0.05, 0) is 43.0 Å². The molecule has 0 radical (unpaired) electrons. The van der Waals surface area contributed by atoms with Gasteiger partial charge in [0.15, 0.2) is 5.69 Å². The SMILES string of the molecule is COc1cccc(F)c1-c1cccn2c(N)c(C(=O)NC3CC(C)C3)nc12. The van der Waals surface area contributed by atoms with E-state index in [1.165, 1.54) is 13.2 Å². The molecular formula is C20H21FN4O2. The van der Waals surface area contributed by atoms with Gasteiger partial charge < -0.3 is 15.8 Å². The van der Waals surface area contributed by atoms with Crippen LogP contribution in [0.1, 0.15) is 30.3 Å². The Morgan fingerprint density at radius 2 is 2.11 bits per heavy atom. The number of benzene rings is 1. The molecule has 1 aliphatic rings. The monoisotopic (exact) mass is 368 g/mol. The van der Waals surface area contributed by atoms with Crippen molar-refractivity contribution in [3.05, 3.63) is 48.0 Å². The summed E-state index contributed by atoms with van der Waals surface area (Å²) in [7, 11) is 1.48. The van der Waals surface area contributed by atoms with Crippen molar-refractivity contribution in [2.75, 3.05) is 12.8 Å². The van der Waals surface area contributed by atoms with Gasteiger partial charge >= 0.3 is 0 Å². The van der Waals surface area contributed by atoms with E-state index >= 15 is 0 Å². The highest BCUT2D eigenvalue weighted by molar-refractivity contribution is 5.99. The van der Waals surface area contributed by atoms with Gasteiger partial charge in [-0.15, -0.1) is 0 Å². The summed E-state index contributed by atoms with van der Waals surface area (Å²) in [6.45, 7) is 2.15. The lowest BCUT2D eigenvalue weighted by molar-refractivity contribution is 0.0892. The fourth-order valence-electron chi connectivity index (χ4n) is 3.66. The van der Waals surface area contributed by atoms with Crippen molar-refractivity contribution in [1.82, 2.24) is 14.7 Å². The van der Waals surface area contributed by atoms with Crippen LogP contribution in [0.25, 0.3) is 16.8 Å². The molecule has 6 nitrogen and oxygen atoms in total. The molecule has 1 amide bonds. The van der Waals surface area contributed by atoms with E-state index in [4.69, 9.17) is 10.5 Å². The number of carbonyl (C=O) groups is 1. The Morgan fingerprint density at radius 3 is 2.81 bits per heavy atom. The van der Waals surface area contributed by atoms with Crippen LogP contribution in [-0.2, 0) is 0 Å². The molecule has 3 N–H and O–H groups in total. The Hall–Kier alpha value is -3.09. The van der Waals surface area contributed by atoms with Crippen molar-refractivity contribution in [2.45, 2.75) is 25.8 Å². The minimum atomic E-state index is -0.432. The third kappa shape index (κ3) is 2.89. The van der Waals surface area contributed by atoms with E-state index in [0.29, 0.717) is 22.9 Å². The number of carbonyl (C=O) groups excluding carboxylic acids is 1. The maximum absolute atomic E-state index is 14.6. The van der Waals surface area contributed by atoms with Crippen molar-refractivity contribution in [1.29, 1.82) is 0 Å². The lowest BCUT2D eigenvalue weighted by Crippen LogP contribution is -2.43. The molecule has 3 aromatic rings. The van der Waals surface area contributed by atoms with Gasteiger partial charge in [0, 0.05) is 17.8 Å². The molecule has 4 rings (SSSR count). The number of nitrogen functional groups attached to an aromatic ring is 1. The third-order valence-corrected chi connectivity index (χ3v) is 5.08. The number of fused-ring (bicyclic) bond motifs is 1. The van der Waals surface area contributed by atoms with Gasteiger partial charge in [0.05, 0.1) is 12.7 Å². The first-order valence-electron chi connectivity index (χ1n) is 8.90. The lowest BCUT2D eigenvalue weighted by Gasteiger charge is -2.32. The summed E-state index contributed by atoms with van der Waals surface area (Å²) in [5.74, 6) is 0.498. The van der Waals surface area contributed by atoms with E-state index in [1.54, 1.807) is 34.9 Å². The zero-order valence-corrected chi connectivity index (χ0v) is 15.2. The molecule has 0 unspecified atom stereocenters. The van der Waals surface area contributed by atoms with Crippen molar-refractivity contribution in [3.8, 4) is 16.9 Å². The van der Waals surface area contributed by atoms with Crippen LogP contribution in [0.3, 0.4) is 0 Å². The summed E-state index contributed by atoms with van der Waals surface area (Å²) < 4.78 is 21.5. The number of hydrogen-bond acceptors (Lipinski definition) is 4. The number of amides is 1. The normalized spacial score (nSPS) is 18.9. The van der Waals surface area contributed by atoms with Gasteiger partial charge in [-0.3, -0.25) is 9.20 Å². The molecule has 2 heterocycles. The highest BCUT2D eigenvalue weighted by Gasteiger charge is 2.29. The van der Waals surface area contributed by atoms with E-state index in [-0.39, 0.29) is 29.0 Å². The largest absolute Gasteiger partial charge is 0.496 e. The van der Waals surface area contributed by atoms with E-state index in [9.17, 15) is 9.18 Å². The van der Waals surface area contributed by atoms with Gasteiger partial charge in [-0.2, -0.15) is 0 Å². The number of halogens is 1. The van der Waals surface area contributed by atoms with Crippen molar-refractivity contribution in [3.63, 3.8) is 0 Å². The smallest absolute Gasteiger partial charge is 0.273 e. The maximum atomic E-state index is 14.6. The quantitative estimate of drug-likeness (QED) is 0.741. The topological polar surface area (TPSA) is 81.6 Å². The molecule has 0 atom stereocenters. The fraction of sp³-hybridized carbons (Fsp3) is 0.300. The number of rotatable bonds is 4. The molecule has 1 saturated carbocycles. The number of methoxy groups -OCH3 is 1. The standard InChI is InChI=1S/C20H21FN4O2/c1-11-9-12(10-11)23-20(26)17-18(22)25-8-4-5-13(19(25)24-17)16-14(21)6-3-7-15(16)27-2/h3-8,11-12H,9-10,22H2,1-2H3,(H,23,26). The van der Waals surface area contributed by atoms with Crippen molar-refractivity contribution < 1.29 is 13.9 Å². The second-order valence-electron chi connectivity index (χ2n) is 7.03. The number of aromatic nitrogens is 2. The van der Waals surface area contributed by atoms with Gasteiger partial charge in [0.2, 0.25) is 0 Å². The van der Waals surface area contributed by atoms with Gasteiger partial charge in [-0.1, -0.05) is 13.0 Å². The van der Waals surface area contributed by atoms with E-state index in [1.807, 2.05) is 0 Å². The Labute approximate surface area is 156 Å².